The zero-order chi connectivity index (χ0) is 16.4. The summed E-state index contributed by atoms with van der Waals surface area (Å²) in [6, 6.07) is 0. The van der Waals surface area contributed by atoms with Crippen LogP contribution in [0.4, 0.5) is 0 Å². The number of rotatable bonds is 5. The van der Waals surface area contributed by atoms with E-state index in [2.05, 4.69) is 32.6 Å². The molecule has 0 saturated carbocycles. The van der Waals surface area contributed by atoms with E-state index in [9.17, 15) is 4.79 Å². The van der Waals surface area contributed by atoms with Gasteiger partial charge in [0.1, 0.15) is 0 Å². The highest BCUT2D eigenvalue weighted by atomic mass is 16.2. The van der Waals surface area contributed by atoms with Gasteiger partial charge in [-0.3, -0.25) is 4.79 Å². The molecule has 0 aromatic rings. The third-order valence-corrected chi connectivity index (χ3v) is 3.73. The Morgan fingerprint density at radius 2 is 1.62 bits per heavy atom. The third-order valence-electron chi connectivity index (χ3n) is 3.73. The zero-order valence-electron chi connectivity index (χ0n) is 15.5. The first kappa shape index (κ1) is 20.4. The molecule has 0 aliphatic carbocycles. The molecule has 1 saturated heterocycles. The predicted octanol–water partition coefficient (Wildman–Crippen LogP) is 3.89. The number of hydrogen-bond donors (Lipinski definition) is 0. The van der Waals surface area contributed by atoms with E-state index in [4.69, 9.17) is 0 Å². The molecule has 1 amide bonds. The fourth-order valence-electron chi connectivity index (χ4n) is 2.79. The third kappa shape index (κ3) is 9.13. The maximum atomic E-state index is 11.8. The van der Waals surface area contributed by atoms with Crippen molar-refractivity contribution in [3.8, 4) is 0 Å². The van der Waals surface area contributed by atoms with Gasteiger partial charge in [0.05, 0.1) is 0 Å². The van der Waals surface area contributed by atoms with E-state index in [0.29, 0.717) is 5.92 Å². The molecule has 0 aromatic heterocycles. The van der Waals surface area contributed by atoms with Gasteiger partial charge in [0, 0.05) is 26.1 Å². The minimum Gasteiger partial charge on any atom is -0.345 e. The van der Waals surface area contributed by atoms with E-state index in [1.54, 1.807) is 0 Å². The minimum atomic E-state index is 0.121. The SMILES string of the molecule is CC(C)CN1CCC(CN(C)C(=O)C(C)C)CC1.CCC. The summed E-state index contributed by atoms with van der Waals surface area (Å²) >= 11 is 0. The molecular weight excluding hydrogens is 260 g/mol. The van der Waals surface area contributed by atoms with Gasteiger partial charge in [0.2, 0.25) is 5.91 Å². The molecule has 1 aliphatic heterocycles. The second-order valence-corrected chi connectivity index (χ2v) is 7.22. The van der Waals surface area contributed by atoms with Gasteiger partial charge >= 0.3 is 0 Å². The van der Waals surface area contributed by atoms with Crippen LogP contribution in [0.1, 0.15) is 60.8 Å². The molecule has 1 fully saturated rings. The van der Waals surface area contributed by atoms with Gasteiger partial charge in [0.15, 0.2) is 0 Å². The van der Waals surface area contributed by atoms with Gasteiger partial charge in [-0.15, -0.1) is 0 Å². The number of nitrogens with zero attached hydrogens (tertiary/aromatic N) is 2. The highest BCUT2D eigenvalue weighted by Crippen LogP contribution is 2.19. The van der Waals surface area contributed by atoms with Gasteiger partial charge < -0.3 is 9.80 Å². The molecule has 0 radical (unpaired) electrons. The van der Waals surface area contributed by atoms with E-state index in [1.165, 1.54) is 38.9 Å². The van der Waals surface area contributed by atoms with E-state index < -0.39 is 0 Å². The Labute approximate surface area is 133 Å². The summed E-state index contributed by atoms with van der Waals surface area (Å²) in [7, 11) is 1.95. The van der Waals surface area contributed by atoms with Gasteiger partial charge in [-0.1, -0.05) is 48.0 Å². The van der Waals surface area contributed by atoms with Crippen molar-refractivity contribution in [2.24, 2.45) is 17.8 Å². The monoisotopic (exact) mass is 298 g/mol. The summed E-state index contributed by atoms with van der Waals surface area (Å²) in [6.45, 7) is 17.3. The number of amides is 1. The van der Waals surface area contributed by atoms with Crippen LogP contribution >= 0.6 is 0 Å². The summed E-state index contributed by atoms with van der Waals surface area (Å²) in [4.78, 5) is 16.3. The highest BCUT2D eigenvalue weighted by molar-refractivity contribution is 5.77. The Morgan fingerprint density at radius 1 is 1.14 bits per heavy atom. The lowest BCUT2D eigenvalue weighted by Gasteiger charge is -2.35. The van der Waals surface area contributed by atoms with E-state index >= 15 is 0 Å². The second kappa shape index (κ2) is 11.1. The largest absolute Gasteiger partial charge is 0.345 e. The number of piperidine rings is 1. The van der Waals surface area contributed by atoms with Crippen molar-refractivity contribution in [2.45, 2.75) is 60.8 Å². The molecule has 3 heteroatoms. The molecule has 0 aromatic carbocycles. The fourth-order valence-corrected chi connectivity index (χ4v) is 2.79. The predicted molar refractivity (Wildman–Crippen MR) is 92.4 cm³/mol. The van der Waals surface area contributed by atoms with Crippen LogP contribution in [0, 0.1) is 17.8 Å². The molecular formula is C18H38N2O. The highest BCUT2D eigenvalue weighted by Gasteiger charge is 2.23. The molecule has 0 spiro atoms. The van der Waals surface area contributed by atoms with Crippen molar-refractivity contribution in [1.29, 1.82) is 0 Å². The minimum absolute atomic E-state index is 0.121. The molecule has 126 valence electrons. The van der Waals surface area contributed by atoms with Crippen molar-refractivity contribution in [3.63, 3.8) is 0 Å². The maximum Gasteiger partial charge on any atom is 0.224 e. The van der Waals surface area contributed by atoms with Gasteiger partial charge in [-0.05, 0) is 37.8 Å². The van der Waals surface area contributed by atoms with Crippen LogP contribution in [0.2, 0.25) is 0 Å². The van der Waals surface area contributed by atoms with Crippen molar-refractivity contribution in [3.05, 3.63) is 0 Å². The van der Waals surface area contributed by atoms with Crippen LogP contribution in [0.5, 0.6) is 0 Å². The first-order chi connectivity index (χ1) is 9.81. The lowest BCUT2D eigenvalue weighted by molar-refractivity contribution is -0.133. The molecule has 0 bridgehead atoms. The molecule has 0 atom stereocenters. The van der Waals surface area contributed by atoms with Crippen LogP contribution in [0.25, 0.3) is 0 Å². The van der Waals surface area contributed by atoms with E-state index in [0.717, 1.165) is 12.5 Å². The topological polar surface area (TPSA) is 23.6 Å². The van der Waals surface area contributed by atoms with Crippen LogP contribution in [0.3, 0.4) is 0 Å². The molecule has 21 heavy (non-hydrogen) atoms. The molecule has 1 rings (SSSR count). The Kier molecular flexibility index (Phi) is 10.8. The standard InChI is InChI=1S/C15H30N2O.C3H8/c1-12(2)10-17-8-6-14(7-9-17)11-16(5)15(18)13(3)4;1-3-2/h12-14H,6-11H2,1-5H3;3H2,1-2H3. The van der Waals surface area contributed by atoms with Crippen LogP contribution in [0.15, 0.2) is 0 Å². The van der Waals surface area contributed by atoms with Crippen LogP contribution in [-0.4, -0.2) is 48.9 Å². The molecule has 0 unspecified atom stereocenters. The number of hydrogen-bond acceptors (Lipinski definition) is 2. The molecule has 1 heterocycles. The fraction of sp³-hybridized carbons (Fsp3) is 0.944. The quantitative estimate of drug-likeness (QED) is 0.769. The first-order valence-electron chi connectivity index (χ1n) is 8.79. The summed E-state index contributed by atoms with van der Waals surface area (Å²) < 4.78 is 0. The van der Waals surface area contributed by atoms with Gasteiger partial charge in [-0.2, -0.15) is 0 Å². The normalized spacial score (nSPS) is 16.8. The molecule has 3 nitrogen and oxygen atoms in total. The summed E-state index contributed by atoms with van der Waals surface area (Å²) in [5, 5.41) is 0. The van der Waals surface area contributed by atoms with Crippen molar-refractivity contribution in [2.75, 3.05) is 33.2 Å². The smallest absolute Gasteiger partial charge is 0.224 e. The first-order valence-corrected chi connectivity index (χ1v) is 8.79. The van der Waals surface area contributed by atoms with Crippen molar-refractivity contribution < 1.29 is 4.79 Å². The number of carbonyl (C=O) groups is 1. The van der Waals surface area contributed by atoms with E-state index in [-0.39, 0.29) is 11.8 Å². The summed E-state index contributed by atoms with van der Waals surface area (Å²) in [6.07, 6.45) is 3.73. The molecule has 0 N–H and O–H groups in total. The average Bonchev–Trinajstić information content (AvgIpc) is 2.40. The number of likely N-dealkylation sites (tertiary alicyclic amines) is 1. The van der Waals surface area contributed by atoms with Crippen molar-refractivity contribution in [1.82, 2.24) is 9.80 Å². The van der Waals surface area contributed by atoms with Crippen molar-refractivity contribution >= 4 is 5.91 Å². The summed E-state index contributed by atoms with van der Waals surface area (Å²) in [5.74, 6) is 1.85. The summed E-state index contributed by atoms with van der Waals surface area (Å²) in [5.41, 5.74) is 0. The zero-order valence-corrected chi connectivity index (χ0v) is 15.5. The lowest BCUT2D eigenvalue weighted by Crippen LogP contribution is -2.41. The Balaban J connectivity index is 0.00000122. The number of carbonyl (C=O) groups excluding carboxylic acids is 1. The second-order valence-electron chi connectivity index (χ2n) is 7.22. The average molecular weight is 299 g/mol. The molecule has 1 aliphatic rings. The van der Waals surface area contributed by atoms with Gasteiger partial charge in [0.25, 0.3) is 0 Å². The Hall–Kier alpha value is -0.570. The maximum absolute atomic E-state index is 11.8. The Bertz CT molecular complexity index is 268. The van der Waals surface area contributed by atoms with E-state index in [1.807, 2.05) is 25.8 Å². The van der Waals surface area contributed by atoms with Crippen LogP contribution in [-0.2, 0) is 4.79 Å². The van der Waals surface area contributed by atoms with Crippen LogP contribution < -0.4 is 0 Å². The lowest BCUT2D eigenvalue weighted by atomic mass is 9.95. The Morgan fingerprint density at radius 3 is 2.00 bits per heavy atom. The van der Waals surface area contributed by atoms with Gasteiger partial charge in [-0.25, -0.2) is 0 Å².